The molecule has 6 heteroatoms. The van der Waals surface area contributed by atoms with E-state index in [2.05, 4.69) is 15.3 Å². The summed E-state index contributed by atoms with van der Waals surface area (Å²) in [5.41, 5.74) is 3.55. The maximum Gasteiger partial charge on any atom is 0.141 e. The Hall–Kier alpha value is -1.37. The lowest BCUT2D eigenvalue weighted by Crippen LogP contribution is -2.48. The number of nitrogens with one attached hydrogen (secondary N) is 1. The zero-order valence-corrected chi connectivity index (χ0v) is 9.84. The monoisotopic (exact) mass is 238 g/mol. The van der Waals surface area contributed by atoms with Gasteiger partial charge in [0.1, 0.15) is 5.82 Å². The molecule has 1 aliphatic heterocycles. The van der Waals surface area contributed by atoms with E-state index in [1.54, 1.807) is 6.20 Å². The first-order valence-electron chi connectivity index (χ1n) is 5.67. The third kappa shape index (κ3) is 2.85. The van der Waals surface area contributed by atoms with Crippen molar-refractivity contribution in [1.29, 1.82) is 0 Å². The molecule has 0 spiro atoms. The molecule has 1 aromatic heterocycles. The van der Waals surface area contributed by atoms with Crippen LogP contribution in [-0.4, -0.2) is 42.0 Å². The molecule has 0 saturated carbocycles. The van der Waals surface area contributed by atoms with Gasteiger partial charge in [-0.2, -0.15) is 0 Å². The molecule has 0 aliphatic carbocycles. The van der Waals surface area contributed by atoms with Gasteiger partial charge in [-0.3, -0.25) is 0 Å². The number of nitrogens with zero attached hydrogens (tertiary/aromatic N) is 2. The van der Waals surface area contributed by atoms with Gasteiger partial charge in [-0.25, -0.2) is 10.8 Å². The molecule has 94 valence electrons. The molecule has 2 heterocycles. The fourth-order valence-corrected chi connectivity index (χ4v) is 2.05. The van der Waals surface area contributed by atoms with E-state index in [0.29, 0.717) is 12.4 Å². The Morgan fingerprint density at radius 2 is 2.47 bits per heavy atom. The lowest BCUT2D eigenvalue weighted by molar-refractivity contribution is -0.0421. The predicted molar refractivity (Wildman–Crippen MR) is 65.7 cm³/mol. The summed E-state index contributed by atoms with van der Waals surface area (Å²) in [5.74, 6) is 5.96. The summed E-state index contributed by atoms with van der Waals surface area (Å²) in [7, 11) is 0. The molecule has 2 atom stereocenters. The van der Waals surface area contributed by atoms with Crippen molar-refractivity contribution < 1.29 is 9.84 Å². The molecule has 1 fully saturated rings. The van der Waals surface area contributed by atoms with E-state index in [9.17, 15) is 5.11 Å². The smallest absolute Gasteiger partial charge is 0.141 e. The minimum atomic E-state index is -0.138. The van der Waals surface area contributed by atoms with Gasteiger partial charge in [0.2, 0.25) is 0 Å². The first-order valence-corrected chi connectivity index (χ1v) is 5.67. The number of nitrogen functional groups attached to an aromatic ring is 1. The van der Waals surface area contributed by atoms with Gasteiger partial charge in [0.25, 0.3) is 0 Å². The van der Waals surface area contributed by atoms with Crippen molar-refractivity contribution in [2.75, 3.05) is 30.0 Å². The largest absolute Gasteiger partial charge is 0.394 e. The van der Waals surface area contributed by atoms with Crippen LogP contribution in [0.2, 0.25) is 0 Å². The molecule has 0 aromatic carbocycles. The van der Waals surface area contributed by atoms with Crippen molar-refractivity contribution in [3.63, 3.8) is 0 Å². The van der Waals surface area contributed by atoms with E-state index in [-0.39, 0.29) is 18.8 Å². The van der Waals surface area contributed by atoms with Crippen LogP contribution >= 0.6 is 0 Å². The van der Waals surface area contributed by atoms with Crippen molar-refractivity contribution in [2.45, 2.75) is 19.1 Å². The van der Waals surface area contributed by atoms with Gasteiger partial charge in [0.05, 0.1) is 18.8 Å². The van der Waals surface area contributed by atoms with Crippen LogP contribution in [0.15, 0.2) is 18.3 Å². The topological polar surface area (TPSA) is 83.6 Å². The Morgan fingerprint density at radius 3 is 3.18 bits per heavy atom. The third-order valence-corrected chi connectivity index (χ3v) is 2.79. The number of aromatic nitrogens is 1. The highest BCUT2D eigenvalue weighted by atomic mass is 16.5. The number of hydrazine groups is 1. The number of hydrogen-bond donors (Lipinski definition) is 3. The Morgan fingerprint density at radius 1 is 1.65 bits per heavy atom. The number of ether oxygens (including phenoxy) is 1. The highest BCUT2D eigenvalue weighted by Gasteiger charge is 2.24. The second-order valence-corrected chi connectivity index (χ2v) is 4.20. The summed E-state index contributed by atoms with van der Waals surface area (Å²) >= 11 is 0. The Bertz CT molecular complexity index is 374. The highest BCUT2D eigenvalue weighted by Crippen LogP contribution is 2.21. The van der Waals surface area contributed by atoms with Gasteiger partial charge in [-0.1, -0.05) is 0 Å². The van der Waals surface area contributed by atoms with Gasteiger partial charge in [-0.15, -0.1) is 0 Å². The summed E-state index contributed by atoms with van der Waals surface area (Å²) in [6.07, 6.45) is 1.67. The van der Waals surface area contributed by atoms with Gasteiger partial charge in [-0.05, 0) is 13.0 Å². The molecular formula is C11H18N4O2. The number of aliphatic hydroxyl groups is 1. The van der Waals surface area contributed by atoms with Gasteiger partial charge in [0.15, 0.2) is 0 Å². The molecule has 2 unspecified atom stereocenters. The summed E-state index contributed by atoms with van der Waals surface area (Å²) in [5, 5.41) is 9.18. The molecule has 0 radical (unpaired) electrons. The molecule has 6 nitrogen and oxygen atoms in total. The van der Waals surface area contributed by atoms with Crippen molar-refractivity contribution in [3.05, 3.63) is 18.3 Å². The Labute approximate surface area is 100 Å². The lowest BCUT2D eigenvalue weighted by Gasteiger charge is -2.37. The summed E-state index contributed by atoms with van der Waals surface area (Å²) in [6.45, 7) is 3.51. The molecule has 0 bridgehead atoms. The van der Waals surface area contributed by atoms with Crippen LogP contribution in [0.4, 0.5) is 11.5 Å². The summed E-state index contributed by atoms with van der Waals surface area (Å²) in [4.78, 5) is 6.23. The fraction of sp³-hybridized carbons (Fsp3) is 0.545. The third-order valence-electron chi connectivity index (χ3n) is 2.79. The van der Waals surface area contributed by atoms with Crippen molar-refractivity contribution in [3.8, 4) is 0 Å². The number of hydrogen-bond acceptors (Lipinski definition) is 6. The van der Waals surface area contributed by atoms with Gasteiger partial charge in [0, 0.05) is 31.0 Å². The van der Waals surface area contributed by atoms with Crippen LogP contribution in [0.3, 0.4) is 0 Å². The number of anilines is 2. The Balaban J connectivity index is 2.14. The molecule has 0 amide bonds. The molecule has 1 aromatic rings. The zero-order chi connectivity index (χ0) is 12.3. The van der Waals surface area contributed by atoms with E-state index in [1.165, 1.54) is 0 Å². The molecule has 17 heavy (non-hydrogen) atoms. The molecule has 1 aliphatic rings. The molecule has 1 saturated heterocycles. The molecule has 2 rings (SSSR count). The van der Waals surface area contributed by atoms with Crippen LogP contribution in [0.25, 0.3) is 0 Å². The van der Waals surface area contributed by atoms with Crippen molar-refractivity contribution in [2.24, 2.45) is 5.84 Å². The quantitative estimate of drug-likeness (QED) is 0.506. The van der Waals surface area contributed by atoms with Gasteiger partial charge < -0.3 is 20.2 Å². The van der Waals surface area contributed by atoms with Crippen LogP contribution < -0.4 is 16.2 Å². The molecule has 4 N–H and O–H groups in total. The minimum Gasteiger partial charge on any atom is -0.394 e. The van der Waals surface area contributed by atoms with Crippen LogP contribution in [-0.2, 0) is 4.74 Å². The average Bonchev–Trinajstić information content (AvgIpc) is 2.38. The normalized spacial score (nSPS) is 24.8. The van der Waals surface area contributed by atoms with Gasteiger partial charge >= 0.3 is 0 Å². The van der Waals surface area contributed by atoms with Crippen molar-refractivity contribution in [1.82, 2.24) is 4.98 Å². The number of aliphatic hydroxyl groups excluding tert-OH is 1. The lowest BCUT2D eigenvalue weighted by atomic mass is 10.2. The van der Waals surface area contributed by atoms with E-state index in [0.717, 1.165) is 12.2 Å². The number of nitrogens with two attached hydrogens (primary N) is 1. The van der Waals surface area contributed by atoms with Crippen LogP contribution in [0.1, 0.15) is 6.92 Å². The van der Waals surface area contributed by atoms with Crippen LogP contribution in [0.5, 0.6) is 0 Å². The first-order chi connectivity index (χ1) is 8.22. The standard InChI is InChI=1S/C11H18N4O2/c1-8-5-15(6-10(7-16)17-8)9-2-3-13-11(4-9)14-12/h2-4,8,10,16H,5-7,12H2,1H3,(H,13,14). The Kier molecular flexibility index (Phi) is 3.78. The van der Waals surface area contributed by atoms with E-state index < -0.39 is 0 Å². The average molecular weight is 238 g/mol. The highest BCUT2D eigenvalue weighted by molar-refractivity contribution is 5.53. The maximum absolute atomic E-state index is 9.18. The van der Waals surface area contributed by atoms with Crippen molar-refractivity contribution >= 4 is 11.5 Å². The zero-order valence-electron chi connectivity index (χ0n) is 9.84. The fourth-order valence-electron chi connectivity index (χ4n) is 2.05. The first kappa shape index (κ1) is 12.1. The SMILES string of the molecule is CC1CN(c2ccnc(NN)c2)CC(CO)O1. The van der Waals surface area contributed by atoms with E-state index >= 15 is 0 Å². The minimum absolute atomic E-state index is 0.0356. The van der Waals surface area contributed by atoms with E-state index in [4.69, 9.17) is 10.6 Å². The second kappa shape index (κ2) is 5.31. The predicted octanol–water partition coefficient (Wildman–Crippen LogP) is -0.0468. The second-order valence-electron chi connectivity index (χ2n) is 4.20. The number of morpholine rings is 1. The van der Waals surface area contributed by atoms with E-state index in [1.807, 2.05) is 19.1 Å². The molecular weight excluding hydrogens is 220 g/mol. The van der Waals surface area contributed by atoms with Crippen LogP contribution in [0, 0.1) is 0 Å². The maximum atomic E-state index is 9.18. The summed E-state index contributed by atoms with van der Waals surface area (Å²) in [6, 6.07) is 3.81. The number of pyridine rings is 1. The summed E-state index contributed by atoms with van der Waals surface area (Å²) < 4.78 is 5.60. The number of rotatable bonds is 3.